The van der Waals surface area contributed by atoms with Crippen LogP contribution >= 0.6 is 23.4 Å². The highest BCUT2D eigenvalue weighted by molar-refractivity contribution is 7.98. The molecule has 0 aromatic heterocycles. The highest BCUT2D eigenvalue weighted by Crippen LogP contribution is 2.23. The van der Waals surface area contributed by atoms with Crippen molar-refractivity contribution in [3.8, 4) is 5.75 Å². The van der Waals surface area contributed by atoms with Gasteiger partial charge in [-0.2, -0.15) is 11.8 Å². The number of rotatable bonds is 9. The first-order valence-electron chi connectivity index (χ1n) is 6.74. The van der Waals surface area contributed by atoms with Crippen molar-refractivity contribution in [1.82, 2.24) is 5.32 Å². The molecule has 0 saturated carbocycles. The predicted octanol–water partition coefficient (Wildman–Crippen LogP) is 4.22. The first kappa shape index (κ1) is 16.7. The lowest BCUT2D eigenvalue weighted by Crippen LogP contribution is -2.19. The van der Waals surface area contributed by atoms with Crippen LogP contribution in [0.25, 0.3) is 0 Å². The second-order valence-electron chi connectivity index (χ2n) is 4.97. The molecule has 19 heavy (non-hydrogen) atoms. The maximum Gasteiger partial charge on any atom is 0.123 e. The quantitative estimate of drug-likeness (QED) is 0.690. The van der Waals surface area contributed by atoms with Crippen LogP contribution in [0.5, 0.6) is 5.75 Å². The molecular formula is C15H24ClNOS. The summed E-state index contributed by atoms with van der Waals surface area (Å²) in [5, 5.41) is 4.19. The van der Waals surface area contributed by atoms with Gasteiger partial charge in [0.05, 0.1) is 6.61 Å². The molecule has 0 saturated heterocycles. The van der Waals surface area contributed by atoms with Crippen LogP contribution in [0.15, 0.2) is 18.2 Å². The van der Waals surface area contributed by atoms with Gasteiger partial charge < -0.3 is 10.1 Å². The van der Waals surface area contributed by atoms with E-state index < -0.39 is 0 Å². The molecule has 1 aromatic rings. The maximum absolute atomic E-state index is 6.06. The molecule has 0 aliphatic heterocycles. The second kappa shape index (κ2) is 9.51. The zero-order valence-corrected chi connectivity index (χ0v) is 13.6. The molecule has 0 atom stereocenters. The summed E-state index contributed by atoms with van der Waals surface area (Å²) in [5.74, 6) is 2.72. The summed E-state index contributed by atoms with van der Waals surface area (Å²) < 4.78 is 5.84. The van der Waals surface area contributed by atoms with Crippen molar-refractivity contribution in [2.75, 3.05) is 25.2 Å². The molecule has 108 valence electrons. The van der Waals surface area contributed by atoms with E-state index in [0.717, 1.165) is 48.2 Å². The summed E-state index contributed by atoms with van der Waals surface area (Å²) in [6.07, 6.45) is 3.19. The zero-order valence-electron chi connectivity index (χ0n) is 12.0. The Labute approximate surface area is 126 Å². The van der Waals surface area contributed by atoms with Crippen molar-refractivity contribution < 1.29 is 4.74 Å². The fourth-order valence-electron chi connectivity index (χ4n) is 1.71. The molecule has 0 heterocycles. The van der Waals surface area contributed by atoms with Crippen LogP contribution in [0, 0.1) is 5.92 Å². The van der Waals surface area contributed by atoms with Gasteiger partial charge in [0.15, 0.2) is 0 Å². The Kier molecular flexibility index (Phi) is 8.35. The van der Waals surface area contributed by atoms with Crippen LogP contribution < -0.4 is 10.1 Å². The number of nitrogens with one attached hydrogen (secondary N) is 1. The molecule has 0 amide bonds. The van der Waals surface area contributed by atoms with E-state index >= 15 is 0 Å². The van der Waals surface area contributed by atoms with Crippen molar-refractivity contribution in [2.24, 2.45) is 5.92 Å². The third-order valence-corrected chi connectivity index (χ3v) is 3.57. The largest absolute Gasteiger partial charge is 0.493 e. The van der Waals surface area contributed by atoms with Gasteiger partial charge in [0.1, 0.15) is 5.75 Å². The minimum Gasteiger partial charge on any atom is -0.493 e. The highest BCUT2D eigenvalue weighted by atomic mass is 35.5. The van der Waals surface area contributed by atoms with Gasteiger partial charge in [-0.1, -0.05) is 25.4 Å². The number of benzene rings is 1. The molecule has 4 heteroatoms. The number of hydrogen-bond acceptors (Lipinski definition) is 3. The minimum atomic E-state index is 0.644. The Hall–Kier alpha value is -0.380. The average Bonchev–Trinajstić information content (AvgIpc) is 2.36. The lowest BCUT2D eigenvalue weighted by molar-refractivity contribution is 0.314. The van der Waals surface area contributed by atoms with E-state index in [9.17, 15) is 0 Å². The van der Waals surface area contributed by atoms with Crippen LogP contribution in [0.1, 0.15) is 25.8 Å². The van der Waals surface area contributed by atoms with Gasteiger partial charge in [-0.25, -0.2) is 0 Å². The molecule has 1 rings (SSSR count). The Morgan fingerprint density at radius 1 is 1.37 bits per heavy atom. The average molecular weight is 302 g/mol. The van der Waals surface area contributed by atoms with E-state index in [-0.39, 0.29) is 0 Å². The highest BCUT2D eigenvalue weighted by Gasteiger charge is 2.05. The van der Waals surface area contributed by atoms with E-state index in [1.165, 1.54) is 0 Å². The van der Waals surface area contributed by atoms with E-state index in [2.05, 4.69) is 25.4 Å². The number of thioether (sulfide) groups is 1. The molecule has 1 aromatic carbocycles. The summed E-state index contributed by atoms with van der Waals surface area (Å²) in [5.41, 5.74) is 1.14. The molecule has 0 aliphatic carbocycles. The fraction of sp³-hybridized carbons (Fsp3) is 0.600. The van der Waals surface area contributed by atoms with E-state index in [1.807, 2.05) is 30.0 Å². The van der Waals surface area contributed by atoms with Gasteiger partial charge >= 0.3 is 0 Å². The summed E-state index contributed by atoms with van der Waals surface area (Å²) in [6, 6.07) is 5.84. The SMILES string of the molecule is CSCCCOc1ccc(Cl)cc1CNCC(C)C. The molecule has 2 nitrogen and oxygen atoms in total. The Morgan fingerprint density at radius 2 is 2.16 bits per heavy atom. The Bertz CT molecular complexity index is 371. The first-order chi connectivity index (χ1) is 9.13. The third-order valence-electron chi connectivity index (χ3n) is 2.64. The molecule has 0 spiro atoms. The molecule has 1 N–H and O–H groups in total. The minimum absolute atomic E-state index is 0.644. The normalized spacial score (nSPS) is 11.0. The van der Waals surface area contributed by atoms with Gasteiger partial charge in [0.2, 0.25) is 0 Å². The van der Waals surface area contributed by atoms with Gasteiger partial charge in [0.25, 0.3) is 0 Å². The Morgan fingerprint density at radius 3 is 2.84 bits per heavy atom. The van der Waals surface area contributed by atoms with Crippen molar-refractivity contribution in [3.05, 3.63) is 28.8 Å². The van der Waals surface area contributed by atoms with Gasteiger partial charge in [-0.15, -0.1) is 0 Å². The zero-order chi connectivity index (χ0) is 14.1. The number of halogens is 1. The van der Waals surface area contributed by atoms with Crippen molar-refractivity contribution in [1.29, 1.82) is 0 Å². The maximum atomic E-state index is 6.06. The molecule has 0 radical (unpaired) electrons. The number of hydrogen-bond donors (Lipinski definition) is 1. The summed E-state index contributed by atoms with van der Waals surface area (Å²) in [6.45, 7) is 6.96. The lowest BCUT2D eigenvalue weighted by Gasteiger charge is -2.13. The van der Waals surface area contributed by atoms with Crippen molar-refractivity contribution in [2.45, 2.75) is 26.8 Å². The molecule has 0 fully saturated rings. The van der Waals surface area contributed by atoms with Gasteiger partial charge in [-0.05, 0) is 49.1 Å². The Balaban J connectivity index is 2.53. The van der Waals surface area contributed by atoms with E-state index in [1.54, 1.807) is 0 Å². The number of ether oxygens (including phenoxy) is 1. The lowest BCUT2D eigenvalue weighted by atomic mass is 10.2. The van der Waals surface area contributed by atoms with Gasteiger partial charge in [0, 0.05) is 17.1 Å². The van der Waals surface area contributed by atoms with Crippen LogP contribution in [0.2, 0.25) is 5.02 Å². The standard InChI is InChI=1S/C15H24ClNOS/c1-12(2)10-17-11-13-9-14(16)5-6-15(13)18-7-4-8-19-3/h5-6,9,12,17H,4,7-8,10-11H2,1-3H3. The summed E-state index contributed by atoms with van der Waals surface area (Å²) in [4.78, 5) is 0. The molecule has 0 unspecified atom stereocenters. The van der Waals surface area contributed by atoms with E-state index in [4.69, 9.17) is 16.3 Å². The topological polar surface area (TPSA) is 21.3 Å². The van der Waals surface area contributed by atoms with Crippen LogP contribution in [-0.2, 0) is 6.54 Å². The third kappa shape index (κ3) is 7.09. The molecule has 0 bridgehead atoms. The summed E-state index contributed by atoms with van der Waals surface area (Å²) >= 11 is 7.90. The van der Waals surface area contributed by atoms with Crippen molar-refractivity contribution in [3.63, 3.8) is 0 Å². The molecular weight excluding hydrogens is 278 g/mol. The smallest absolute Gasteiger partial charge is 0.123 e. The van der Waals surface area contributed by atoms with Crippen LogP contribution in [0.3, 0.4) is 0 Å². The van der Waals surface area contributed by atoms with Crippen LogP contribution in [-0.4, -0.2) is 25.2 Å². The van der Waals surface area contributed by atoms with Crippen LogP contribution in [0.4, 0.5) is 0 Å². The monoisotopic (exact) mass is 301 g/mol. The fourth-order valence-corrected chi connectivity index (χ4v) is 2.31. The second-order valence-corrected chi connectivity index (χ2v) is 6.39. The molecule has 0 aliphatic rings. The summed E-state index contributed by atoms with van der Waals surface area (Å²) in [7, 11) is 0. The van der Waals surface area contributed by atoms with E-state index in [0.29, 0.717) is 5.92 Å². The van der Waals surface area contributed by atoms with Crippen molar-refractivity contribution >= 4 is 23.4 Å². The first-order valence-corrected chi connectivity index (χ1v) is 8.51. The predicted molar refractivity (Wildman–Crippen MR) is 86.5 cm³/mol. The van der Waals surface area contributed by atoms with Gasteiger partial charge in [-0.3, -0.25) is 0 Å².